The van der Waals surface area contributed by atoms with E-state index in [1.165, 1.54) is 26.4 Å². The van der Waals surface area contributed by atoms with Crippen LogP contribution < -0.4 is 104 Å². The van der Waals surface area contributed by atoms with Crippen LogP contribution in [0.5, 0.6) is 0 Å². The topological polar surface area (TPSA) is 759 Å². The highest BCUT2D eigenvalue weighted by Gasteiger charge is 2.42. The van der Waals surface area contributed by atoms with Gasteiger partial charge in [-0.15, -0.1) is 0 Å². The van der Waals surface area contributed by atoms with Crippen molar-refractivity contribution in [3.8, 4) is 0 Å². The molecule has 0 unspecified atom stereocenters. The summed E-state index contributed by atoms with van der Waals surface area (Å²) in [5.41, 5.74) is 38.5. The number of carboxylic acid groups (broad SMARTS) is 1. The van der Waals surface area contributed by atoms with Crippen LogP contribution in [-0.4, -0.2) is 266 Å². The molecule has 13 atom stereocenters. The molecule has 45 heteroatoms. The molecule has 2 aromatic rings. The molecule has 0 bridgehead atoms. The van der Waals surface area contributed by atoms with Gasteiger partial charge in [-0.25, -0.2) is 4.98 Å². The zero-order chi connectivity index (χ0) is 84.8. The number of imidazole rings is 1. The highest BCUT2D eigenvalue weighted by molar-refractivity contribution is 6.01. The van der Waals surface area contributed by atoms with Gasteiger partial charge in [0.25, 0.3) is 0 Å². The van der Waals surface area contributed by atoms with E-state index in [2.05, 4.69) is 78.8 Å². The summed E-state index contributed by atoms with van der Waals surface area (Å²) in [7, 11) is 0. The highest BCUT2D eigenvalue weighted by atomic mass is 16.4. The van der Waals surface area contributed by atoms with Gasteiger partial charge in [0.05, 0.1) is 32.7 Å². The Morgan fingerprint density at radius 2 is 0.929 bits per heavy atom. The number of aromatic amines is 1. The molecule has 17 amide bonds. The van der Waals surface area contributed by atoms with Crippen LogP contribution in [0.1, 0.15) is 122 Å². The van der Waals surface area contributed by atoms with Crippen molar-refractivity contribution in [2.45, 2.75) is 203 Å². The highest BCUT2D eigenvalue weighted by Crippen LogP contribution is 2.21. The first-order valence-electron chi connectivity index (χ1n) is 36.2. The van der Waals surface area contributed by atoms with Gasteiger partial charge in [0, 0.05) is 63.5 Å². The van der Waals surface area contributed by atoms with Crippen LogP contribution in [0.3, 0.4) is 0 Å². The lowest BCUT2D eigenvalue weighted by Gasteiger charge is -2.31. The number of aromatic nitrogens is 2. The Morgan fingerprint density at radius 3 is 1.41 bits per heavy atom. The fourth-order valence-electron chi connectivity index (χ4n) is 11.4. The number of nitrogens with one attached hydrogen (secondary N) is 13. The van der Waals surface area contributed by atoms with Crippen molar-refractivity contribution < 1.29 is 107 Å². The van der Waals surface area contributed by atoms with Crippen LogP contribution in [0.4, 0.5) is 0 Å². The third-order valence-electron chi connectivity index (χ3n) is 17.4. The summed E-state index contributed by atoms with van der Waals surface area (Å²) >= 11 is 0. The summed E-state index contributed by atoms with van der Waals surface area (Å²) in [4.78, 5) is 253. The van der Waals surface area contributed by atoms with Gasteiger partial charge in [0.1, 0.15) is 78.5 Å². The van der Waals surface area contributed by atoms with Crippen LogP contribution >= 0.6 is 0 Å². The summed E-state index contributed by atoms with van der Waals surface area (Å²) in [6.07, 6.45) is -2.90. The summed E-state index contributed by atoms with van der Waals surface area (Å²) in [5.74, 6) is -20.5. The van der Waals surface area contributed by atoms with Gasteiger partial charge in [0.15, 0.2) is 5.96 Å². The molecule has 626 valence electrons. The number of carbonyl (C=O) groups is 18. The average Bonchev–Trinajstić information content (AvgIpc) is 1.74. The molecule has 113 heavy (non-hydrogen) atoms. The minimum Gasteiger partial charge on any atom is -0.481 e. The van der Waals surface area contributed by atoms with E-state index in [4.69, 9.17) is 40.1 Å². The molecular formula is C68H107N23O22. The number of H-pyrrole nitrogens is 1. The van der Waals surface area contributed by atoms with E-state index in [0.29, 0.717) is 5.56 Å². The predicted molar refractivity (Wildman–Crippen MR) is 396 cm³/mol. The van der Waals surface area contributed by atoms with Gasteiger partial charge in [-0.05, 0) is 75.2 Å². The van der Waals surface area contributed by atoms with Gasteiger partial charge >= 0.3 is 5.97 Å². The van der Waals surface area contributed by atoms with E-state index in [-0.39, 0.29) is 82.0 Å². The Labute approximate surface area is 648 Å². The number of likely N-dealkylation sites (tertiary alicyclic amines) is 1. The predicted octanol–water partition coefficient (Wildman–Crippen LogP) is -11.2. The van der Waals surface area contributed by atoms with Crippen molar-refractivity contribution in [1.29, 1.82) is 0 Å². The molecule has 31 N–H and O–H groups in total. The molecule has 0 aliphatic carbocycles. The second kappa shape index (κ2) is 48.6. The molecule has 2 heterocycles. The van der Waals surface area contributed by atoms with E-state index in [1.807, 2.05) is 0 Å². The number of primary amides is 4. The number of guanidine groups is 1. The molecule has 1 fully saturated rings. The number of aliphatic hydroxyl groups is 3. The van der Waals surface area contributed by atoms with Gasteiger partial charge in [-0.2, -0.15) is 0 Å². The monoisotopic (exact) mass is 1600 g/mol. The number of hydrogen-bond acceptors (Lipinski definition) is 24. The number of nitrogens with zero attached hydrogens (tertiary/aromatic N) is 3. The Morgan fingerprint density at radius 1 is 0.504 bits per heavy atom. The first-order chi connectivity index (χ1) is 53.3. The number of benzene rings is 1. The van der Waals surface area contributed by atoms with E-state index >= 15 is 0 Å². The summed E-state index contributed by atoms with van der Waals surface area (Å²) < 4.78 is 0. The average molecular weight is 1600 g/mol. The smallest absolute Gasteiger partial charge is 0.303 e. The zero-order valence-corrected chi connectivity index (χ0v) is 63.1. The lowest BCUT2D eigenvalue weighted by Crippen LogP contribution is -2.62. The number of carbonyl (C=O) groups excluding carboxylic acids is 17. The molecule has 1 saturated heterocycles. The van der Waals surface area contributed by atoms with Crippen LogP contribution in [0.15, 0.2) is 47.8 Å². The molecular weight excluding hydrogens is 1490 g/mol. The van der Waals surface area contributed by atoms with Crippen LogP contribution in [-0.2, 0) is 99.1 Å². The van der Waals surface area contributed by atoms with E-state index in [1.54, 1.807) is 44.2 Å². The molecule has 1 aromatic carbocycles. The Bertz CT molecular complexity index is 3660. The number of aliphatic carboxylic acids is 1. The Balaban J connectivity index is 1.95. The third kappa shape index (κ3) is 34.0. The standard InChI is InChI=1S/C68H107N23O22/c1-33(2)24-42(85-61(107)43(25-35-10-6-5-7-11-35)86-64(110)46(30-93)88-63(109)45(29-92)79-52(98)27-69)60(106)89-47(31-94)67(113)91-23-9-13-48(91)65(111)83-41(17-21-53(99)100)58(104)87-44(26-36-28-76-32-78-36)62(108)82-39(15-19-50(71)96)57(103)81-38(12-8-22-77-68(74)75)59(105)90-54(34(3)4)66(112)84-40(16-20-51(72)97)56(102)80-37(55(73)101)14-18-49(70)95/h5-7,10-11,28,32-34,37-48,54,92-94H,8-9,12-27,29-31,69H2,1-4H3,(H2,70,95)(H2,71,96)(H2,72,97)(H2,73,101)(H,76,78)(H,79,98)(H,80,102)(H,81,103)(H,82,108)(H,83,111)(H,84,112)(H,85,107)(H,86,110)(H,87,104)(H,88,109)(H,89,106)(H,90,105)(H,99,100)(H4,74,75,77)/t37-,38-,39-,40-,41-,42-,43-,44-,45-,46-,47-,48-,54-/m0/s1. The number of aliphatic hydroxyl groups excluding tert-OH is 3. The molecule has 0 radical (unpaired) electrons. The zero-order valence-electron chi connectivity index (χ0n) is 63.1. The number of hydrogen-bond donors (Lipinski definition) is 24. The lowest BCUT2D eigenvalue weighted by atomic mass is 10.0. The van der Waals surface area contributed by atoms with Crippen molar-refractivity contribution in [3.63, 3.8) is 0 Å². The van der Waals surface area contributed by atoms with E-state index in [0.717, 1.165) is 4.90 Å². The maximum absolute atomic E-state index is 14.7. The number of nitrogens with two attached hydrogens (primary N) is 7. The minimum atomic E-state index is -1.82. The van der Waals surface area contributed by atoms with Crippen LogP contribution in [0, 0.1) is 11.8 Å². The first kappa shape index (κ1) is 95.2. The van der Waals surface area contributed by atoms with Gasteiger partial charge in [0.2, 0.25) is 100 Å². The minimum absolute atomic E-state index is 0.0433. The quantitative estimate of drug-likeness (QED) is 0.0166. The molecule has 0 spiro atoms. The van der Waals surface area contributed by atoms with Crippen molar-refractivity contribution in [2.24, 2.45) is 57.0 Å². The van der Waals surface area contributed by atoms with Crippen LogP contribution in [0.2, 0.25) is 0 Å². The molecule has 45 nitrogen and oxygen atoms in total. The van der Waals surface area contributed by atoms with Crippen molar-refractivity contribution in [1.82, 2.24) is 78.7 Å². The van der Waals surface area contributed by atoms with E-state index in [9.17, 15) is 107 Å². The SMILES string of the molecule is CC(C)C[C@H](NC(=O)[C@H](Cc1ccccc1)NC(=O)[C@H](CO)NC(=O)[C@H](CO)NC(=O)CN)C(=O)N[C@@H](CO)C(=O)N1CCC[C@H]1C(=O)N[C@@H](CCC(=O)O)C(=O)N[C@@H](Cc1cnc[nH]1)C(=O)N[C@@H](CCC(N)=O)C(=O)N[C@@H](CCCN=C(N)N)C(=O)N[C@H](C(=O)N[C@@H](CCC(N)=O)C(=O)N[C@@H](CCC(N)=O)C(N)=O)C(C)C. The normalized spacial score (nSPS) is 15.6. The van der Waals surface area contributed by atoms with E-state index < -0.39 is 262 Å². The number of rotatable bonds is 52. The summed E-state index contributed by atoms with van der Waals surface area (Å²) in [6.45, 7) is 2.43. The number of amides is 17. The fraction of sp³-hybridized carbons (Fsp3) is 0.588. The largest absolute Gasteiger partial charge is 0.481 e. The maximum atomic E-state index is 14.7. The van der Waals surface area contributed by atoms with Gasteiger partial charge in [-0.3, -0.25) is 91.3 Å². The number of carboxylic acids is 1. The molecule has 3 rings (SSSR count). The van der Waals surface area contributed by atoms with Crippen molar-refractivity contribution in [2.75, 3.05) is 39.5 Å². The Kier molecular flexibility index (Phi) is 41.0. The molecule has 1 aliphatic heterocycles. The molecule has 0 saturated carbocycles. The maximum Gasteiger partial charge on any atom is 0.303 e. The second-order valence-electron chi connectivity index (χ2n) is 27.3. The second-order valence-corrected chi connectivity index (χ2v) is 27.3. The Hall–Kier alpha value is -12.0. The lowest BCUT2D eigenvalue weighted by molar-refractivity contribution is -0.143. The first-order valence-corrected chi connectivity index (χ1v) is 36.2. The molecule has 1 aliphatic rings. The van der Waals surface area contributed by atoms with Gasteiger partial charge < -0.3 is 134 Å². The van der Waals surface area contributed by atoms with Crippen LogP contribution in [0.25, 0.3) is 0 Å². The number of aliphatic imine (C=N–C) groups is 1. The van der Waals surface area contributed by atoms with Crippen molar-refractivity contribution >= 4 is 112 Å². The van der Waals surface area contributed by atoms with Crippen molar-refractivity contribution in [3.05, 3.63) is 54.1 Å². The third-order valence-corrected chi connectivity index (χ3v) is 17.4. The fourth-order valence-corrected chi connectivity index (χ4v) is 11.4. The van der Waals surface area contributed by atoms with Gasteiger partial charge in [-0.1, -0.05) is 58.0 Å². The molecule has 1 aromatic heterocycles. The summed E-state index contributed by atoms with van der Waals surface area (Å²) in [5, 5.41) is 69.2. The summed E-state index contributed by atoms with van der Waals surface area (Å²) in [6, 6.07) is -13.2.